The summed E-state index contributed by atoms with van der Waals surface area (Å²) in [5.74, 6) is 2.18. The summed E-state index contributed by atoms with van der Waals surface area (Å²) >= 11 is 0. The number of hydrogen-bond donors (Lipinski definition) is 2. The van der Waals surface area contributed by atoms with E-state index in [9.17, 15) is 4.21 Å². The monoisotopic (exact) mass is 570 g/mol. The van der Waals surface area contributed by atoms with Crippen LogP contribution >= 0.6 is 24.0 Å². The SMILES string of the molecule is CCNC(=NCC(c1ccc(OC)cc1)N1CCCC1)NCCS(=O)c1ccccc1.I. The van der Waals surface area contributed by atoms with E-state index >= 15 is 0 Å². The van der Waals surface area contributed by atoms with Gasteiger partial charge < -0.3 is 15.4 Å². The second-order valence-corrected chi connectivity index (χ2v) is 9.11. The number of likely N-dealkylation sites (tertiary alicyclic amines) is 1. The average Bonchev–Trinajstić information content (AvgIpc) is 3.34. The molecule has 0 aliphatic carbocycles. The van der Waals surface area contributed by atoms with Crippen molar-refractivity contribution in [1.29, 1.82) is 0 Å². The predicted octanol–water partition coefficient (Wildman–Crippen LogP) is 3.81. The number of halogens is 1. The normalized spacial score (nSPS) is 16.1. The molecule has 2 aromatic carbocycles. The van der Waals surface area contributed by atoms with Crippen molar-refractivity contribution in [1.82, 2.24) is 15.5 Å². The summed E-state index contributed by atoms with van der Waals surface area (Å²) in [4.78, 5) is 8.24. The Hall–Kier alpha value is -1.65. The molecule has 1 aliphatic heterocycles. The Balaban J connectivity index is 0.00000363. The molecule has 32 heavy (non-hydrogen) atoms. The number of benzene rings is 2. The number of aliphatic imine (C=N–C) groups is 1. The molecule has 1 fully saturated rings. The zero-order chi connectivity index (χ0) is 21.9. The van der Waals surface area contributed by atoms with Gasteiger partial charge in [-0.2, -0.15) is 0 Å². The van der Waals surface area contributed by atoms with Crippen molar-refractivity contribution < 1.29 is 8.95 Å². The van der Waals surface area contributed by atoms with Gasteiger partial charge in [-0.15, -0.1) is 24.0 Å². The summed E-state index contributed by atoms with van der Waals surface area (Å²) in [6.07, 6.45) is 2.47. The molecular weight excluding hydrogens is 535 g/mol. The van der Waals surface area contributed by atoms with Crippen molar-refractivity contribution >= 4 is 40.7 Å². The highest BCUT2D eigenvalue weighted by molar-refractivity contribution is 14.0. The van der Waals surface area contributed by atoms with Gasteiger partial charge in [-0.1, -0.05) is 30.3 Å². The van der Waals surface area contributed by atoms with Crippen LogP contribution in [0.3, 0.4) is 0 Å². The number of methoxy groups -OCH3 is 1. The standard InChI is InChI=1S/C24H34N4O2S.HI/c1-3-25-24(26-15-18-31(29)22-9-5-4-6-10-22)27-19-23(28-16-7-8-17-28)20-11-13-21(30-2)14-12-20;/h4-6,9-14,23H,3,7-8,15-19H2,1-2H3,(H2,25,26,27);1H. The van der Waals surface area contributed by atoms with E-state index in [0.717, 1.165) is 36.2 Å². The Morgan fingerprint density at radius 2 is 1.78 bits per heavy atom. The molecule has 176 valence electrons. The highest BCUT2D eigenvalue weighted by Gasteiger charge is 2.23. The maximum absolute atomic E-state index is 12.5. The smallest absolute Gasteiger partial charge is 0.191 e. The lowest BCUT2D eigenvalue weighted by Crippen LogP contribution is -2.40. The van der Waals surface area contributed by atoms with E-state index < -0.39 is 10.8 Å². The fourth-order valence-corrected chi connectivity index (χ4v) is 4.77. The van der Waals surface area contributed by atoms with Crippen LogP contribution in [0.2, 0.25) is 0 Å². The van der Waals surface area contributed by atoms with E-state index in [1.807, 2.05) is 42.5 Å². The minimum atomic E-state index is -1.02. The molecule has 0 spiro atoms. The van der Waals surface area contributed by atoms with Crippen molar-refractivity contribution in [3.8, 4) is 5.75 Å². The molecule has 0 radical (unpaired) electrons. The van der Waals surface area contributed by atoms with Crippen LogP contribution in [0.5, 0.6) is 5.75 Å². The van der Waals surface area contributed by atoms with Crippen LogP contribution in [0.15, 0.2) is 64.5 Å². The summed E-state index contributed by atoms with van der Waals surface area (Å²) in [7, 11) is 0.674. The number of guanidine groups is 1. The summed E-state index contributed by atoms with van der Waals surface area (Å²) in [6.45, 7) is 6.32. The van der Waals surface area contributed by atoms with Gasteiger partial charge in [-0.25, -0.2) is 0 Å². The second kappa shape index (κ2) is 14.5. The highest BCUT2D eigenvalue weighted by atomic mass is 127. The van der Waals surface area contributed by atoms with Gasteiger partial charge in [0.15, 0.2) is 5.96 Å². The topological polar surface area (TPSA) is 66.0 Å². The van der Waals surface area contributed by atoms with Crippen LogP contribution in [0.4, 0.5) is 0 Å². The highest BCUT2D eigenvalue weighted by Crippen LogP contribution is 2.27. The third kappa shape index (κ3) is 8.04. The summed E-state index contributed by atoms with van der Waals surface area (Å²) in [6, 6.07) is 18.1. The van der Waals surface area contributed by atoms with Gasteiger partial charge in [0, 0.05) is 23.7 Å². The quantitative estimate of drug-likeness (QED) is 0.259. The van der Waals surface area contributed by atoms with Gasteiger partial charge in [0.05, 0.1) is 30.5 Å². The van der Waals surface area contributed by atoms with Crippen LogP contribution in [0, 0.1) is 0 Å². The number of nitrogens with one attached hydrogen (secondary N) is 2. The number of ether oxygens (including phenoxy) is 1. The van der Waals surface area contributed by atoms with Crippen molar-refractivity contribution in [2.45, 2.75) is 30.7 Å². The Bertz CT molecular complexity index is 843. The minimum Gasteiger partial charge on any atom is -0.497 e. The molecule has 0 bridgehead atoms. The molecule has 6 nitrogen and oxygen atoms in total. The first-order valence-electron chi connectivity index (χ1n) is 11.0. The van der Waals surface area contributed by atoms with Gasteiger partial charge in [0.2, 0.25) is 0 Å². The van der Waals surface area contributed by atoms with E-state index in [2.05, 4.69) is 34.6 Å². The minimum absolute atomic E-state index is 0. The average molecular weight is 571 g/mol. The molecule has 2 unspecified atom stereocenters. The van der Waals surface area contributed by atoms with Crippen molar-refractivity contribution in [3.63, 3.8) is 0 Å². The van der Waals surface area contributed by atoms with Gasteiger partial charge in [-0.05, 0) is 62.7 Å². The van der Waals surface area contributed by atoms with E-state index in [1.54, 1.807) is 7.11 Å². The van der Waals surface area contributed by atoms with Crippen LogP contribution in [-0.2, 0) is 10.8 Å². The van der Waals surface area contributed by atoms with E-state index in [1.165, 1.54) is 18.4 Å². The predicted molar refractivity (Wildman–Crippen MR) is 144 cm³/mol. The number of rotatable bonds is 10. The van der Waals surface area contributed by atoms with Crippen LogP contribution < -0.4 is 15.4 Å². The molecule has 0 saturated carbocycles. The summed E-state index contributed by atoms with van der Waals surface area (Å²) < 4.78 is 17.8. The third-order valence-electron chi connectivity index (χ3n) is 5.43. The van der Waals surface area contributed by atoms with Gasteiger partial charge >= 0.3 is 0 Å². The Morgan fingerprint density at radius 1 is 1.09 bits per heavy atom. The van der Waals surface area contributed by atoms with Gasteiger partial charge in [0.1, 0.15) is 5.75 Å². The fraction of sp³-hybridized carbons (Fsp3) is 0.458. The molecule has 1 heterocycles. The third-order valence-corrected chi connectivity index (χ3v) is 6.81. The number of nitrogens with zero attached hydrogens (tertiary/aromatic N) is 2. The molecule has 1 aliphatic rings. The fourth-order valence-electron chi connectivity index (χ4n) is 3.78. The molecule has 8 heteroatoms. The summed E-state index contributed by atoms with van der Waals surface area (Å²) in [5, 5.41) is 6.66. The first-order chi connectivity index (χ1) is 15.2. The molecule has 2 N–H and O–H groups in total. The maximum atomic E-state index is 12.5. The van der Waals surface area contributed by atoms with Crippen LogP contribution in [0.25, 0.3) is 0 Å². The van der Waals surface area contributed by atoms with E-state index in [4.69, 9.17) is 9.73 Å². The van der Waals surface area contributed by atoms with E-state index in [0.29, 0.717) is 18.8 Å². The number of hydrogen-bond acceptors (Lipinski definition) is 4. The zero-order valence-electron chi connectivity index (χ0n) is 19.0. The first kappa shape index (κ1) is 26.6. The molecule has 2 atom stereocenters. The van der Waals surface area contributed by atoms with Crippen molar-refractivity contribution in [2.75, 3.05) is 45.6 Å². The van der Waals surface area contributed by atoms with Crippen molar-refractivity contribution in [2.24, 2.45) is 4.99 Å². The molecule has 1 saturated heterocycles. The zero-order valence-corrected chi connectivity index (χ0v) is 22.1. The van der Waals surface area contributed by atoms with Crippen LogP contribution in [0.1, 0.15) is 31.4 Å². The Labute approximate surface area is 211 Å². The molecule has 2 aromatic rings. The molecular formula is C24H35IN4O2S. The molecule has 0 aromatic heterocycles. The van der Waals surface area contributed by atoms with Gasteiger partial charge in [-0.3, -0.25) is 14.1 Å². The maximum Gasteiger partial charge on any atom is 0.191 e. The summed E-state index contributed by atoms with van der Waals surface area (Å²) in [5.41, 5.74) is 1.26. The Morgan fingerprint density at radius 3 is 2.41 bits per heavy atom. The van der Waals surface area contributed by atoms with Crippen LogP contribution in [-0.4, -0.2) is 60.7 Å². The lowest BCUT2D eigenvalue weighted by atomic mass is 10.1. The largest absolute Gasteiger partial charge is 0.497 e. The first-order valence-corrected chi connectivity index (χ1v) is 12.4. The molecule has 0 amide bonds. The van der Waals surface area contributed by atoms with E-state index in [-0.39, 0.29) is 30.0 Å². The lowest BCUT2D eigenvalue weighted by molar-refractivity contribution is 0.251. The Kier molecular flexibility index (Phi) is 12.0. The second-order valence-electron chi connectivity index (χ2n) is 7.54. The molecule has 3 rings (SSSR count). The van der Waals surface area contributed by atoms with Gasteiger partial charge in [0.25, 0.3) is 0 Å². The lowest BCUT2D eigenvalue weighted by Gasteiger charge is -2.27. The van der Waals surface area contributed by atoms with Crippen molar-refractivity contribution in [3.05, 3.63) is 60.2 Å².